The zero-order valence-electron chi connectivity index (χ0n) is 6.63. The van der Waals surface area contributed by atoms with Gasteiger partial charge in [-0.15, -0.1) is 0 Å². The van der Waals surface area contributed by atoms with Crippen LogP contribution >= 0.6 is 0 Å². The summed E-state index contributed by atoms with van der Waals surface area (Å²) in [7, 11) is 3.88. The summed E-state index contributed by atoms with van der Waals surface area (Å²) in [5, 5.41) is 6.66. The molecule has 0 spiro atoms. The highest BCUT2D eigenvalue weighted by Crippen LogP contribution is 1.81. The highest BCUT2D eigenvalue weighted by atomic mass is 15.0. The van der Waals surface area contributed by atoms with E-state index in [1.165, 1.54) is 0 Å². The maximum atomic E-state index is 6.66. The summed E-state index contributed by atoms with van der Waals surface area (Å²) in [5.41, 5.74) is 0.837. The number of allylic oxidation sites excluding steroid dienone is 1. The summed E-state index contributed by atoms with van der Waals surface area (Å²) in [4.78, 5) is 5.66. The lowest BCUT2D eigenvalue weighted by Crippen LogP contribution is -2.01. The minimum absolute atomic E-state index is 0.837. The van der Waals surface area contributed by atoms with Gasteiger partial charge in [-0.1, -0.05) is 0 Å². The van der Waals surface area contributed by atoms with Crippen molar-refractivity contribution < 1.29 is 0 Å². The van der Waals surface area contributed by atoms with Crippen LogP contribution in [0.1, 0.15) is 6.92 Å². The van der Waals surface area contributed by atoms with Gasteiger partial charge in [0.2, 0.25) is 0 Å². The second-order valence-corrected chi connectivity index (χ2v) is 2.18. The van der Waals surface area contributed by atoms with E-state index in [-0.39, 0.29) is 0 Å². The molecule has 0 aromatic rings. The molecule has 0 aromatic heterocycles. The molecule has 0 heterocycles. The molecule has 0 fully saturated rings. The Balaban J connectivity index is 3.88. The molecular formula is C7H13N3. The van der Waals surface area contributed by atoms with Crippen molar-refractivity contribution in [3.05, 3.63) is 12.3 Å². The smallest absolute Gasteiger partial charge is 0.107 e. The van der Waals surface area contributed by atoms with Crippen LogP contribution in [0.15, 0.2) is 17.3 Å². The van der Waals surface area contributed by atoms with Crippen molar-refractivity contribution in [2.45, 2.75) is 6.92 Å². The SMILES string of the molecule is CC(/C=C/N(C)C)=N/C=N. The van der Waals surface area contributed by atoms with Crippen LogP contribution < -0.4 is 0 Å². The van der Waals surface area contributed by atoms with E-state index in [1.54, 1.807) is 0 Å². The van der Waals surface area contributed by atoms with Crippen molar-refractivity contribution >= 4 is 12.1 Å². The molecule has 1 N–H and O–H groups in total. The van der Waals surface area contributed by atoms with E-state index in [4.69, 9.17) is 5.41 Å². The van der Waals surface area contributed by atoms with E-state index in [0.717, 1.165) is 12.1 Å². The van der Waals surface area contributed by atoms with Crippen LogP contribution in [0.3, 0.4) is 0 Å². The van der Waals surface area contributed by atoms with Crippen LogP contribution in [0, 0.1) is 5.41 Å². The Bertz CT molecular complexity index is 156. The molecule has 0 bridgehead atoms. The summed E-state index contributed by atoms with van der Waals surface area (Å²) in [6.07, 6.45) is 4.78. The van der Waals surface area contributed by atoms with E-state index >= 15 is 0 Å². The number of hydrogen-bond acceptors (Lipinski definition) is 2. The Morgan fingerprint density at radius 1 is 1.50 bits per heavy atom. The molecule has 0 unspecified atom stereocenters. The molecule has 0 saturated heterocycles. The monoisotopic (exact) mass is 139 g/mol. The molecular weight excluding hydrogens is 126 g/mol. The van der Waals surface area contributed by atoms with Gasteiger partial charge < -0.3 is 4.90 Å². The fourth-order valence-corrected chi connectivity index (χ4v) is 0.402. The van der Waals surface area contributed by atoms with Crippen LogP contribution in [-0.2, 0) is 0 Å². The predicted molar refractivity (Wildman–Crippen MR) is 44.7 cm³/mol. The quantitative estimate of drug-likeness (QED) is 0.462. The van der Waals surface area contributed by atoms with Gasteiger partial charge in [0, 0.05) is 26.0 Å². The van der Waals surface area contributed by atoms with Gasteiger partial charge >= 0.3 is 0 Å². The lowest BCUT2D eigenvalue weighted by atomic mass is 10.4. The van der Waals surface area contributed by atoms with Crippen LogP contribution in [0.5, 0.6) is 0 Å². The van der Waals surface area contributed by atoms with E-state index in [2.05, 4.69) is 4.99 Å². The molecule has 0 aliphatic carbocycles. The summed E-state index contributed by atoms with van der Waals surface area (Å²) < 4.78 is 0. The van der Waals surface area contributed by atoms with Crippen molar-refractivity contribution in [2.24, 2.45) is 4.99 Å². The highest BCUT2D eigenvalue weighted by Gasteiger charge is 1.79. The molecule has 0 aromatic carbocycles. The van der Waals surface area contributed by atoms with E-state index < -0.39 is 0 Å². The van der Waals surface area contributed by atoms with Crippen molar-refractivity contribution in [3.63, 3.8) is 0 Å². The average molecular weight is 139 g/mol. The van der Waals surface area contributed by atoms with E-state index in [1.807, 2.05) is 38.2 Å². The summed E-state index contributed by atoms with van der Waals surface area (Å²) >= 11 is 0. The molecule has 0 radical (unpaired) electrons. The van der Waals surface area contributed by atoms with Gasteiger partial charge in [-0.3, -0.25) is 5.41 Å². The predicted octanol–water partition coefficient (Wildman–Crippen LogP) is 1.13. The van der Waals surface area contributed by atoms with Gasteiger partial charge in [-0.05, 0) is 13.0 Å². The van der Waals surface area contributed by atoms with Gasteiger partial charge in [0.15, 0.2) is 0 Å². The lowest BCUT2D eigenvalue weighted by Gasteiger charge is -2.01. The molecule has 0 saturated carbocycles. The lowest BCUT2D eigenvalue weighted by molar-refractivity contribution is 0.564. The second kappa shape index (κ2) is 4.73. The molecule has 10 heavy (non-hydrogen) atoms. The molecule has 0 atom stereocenters. The maximum absolute atomic E-state index is 6.66. The van der Waals surface area contributed by atoms with Crippen LogP contribution in [0.25, 0.3) is 0 Å². The zero-order chi connectivity index (χ0) is 7.98. The summed E-state index contributed by atoms with van der Waals surface area (Å²) in [6, 6.07) is 0. The van der Waals surface area contributed by atoms with Gasteiger partial charge in [-0.25, -0.2) is 4.99 Å². The van der Waals surface area contributed by atoms with Gasteiger partial charge in [0.25, 0.3) is 0 Å². The molecule has 3 heteroatoms. The standard InChI is InChI=1S/C7H13N3/c1-7(9-6-8)4-5-10(2)3/h4-6,8H,1-3H3/b5-4+,8-6?,9-7-. The van der Waals surface area contributed by atoms with E-state index in [9.17, 15) is 0 Å². The molecule has 3 nitrogen and oxygen atoms in total. The third kappa shape index (κ3) is 5.03. The van der Waals surface area contributed by atoms with Crippen molar-refractivity contribution in [3.8, 4) is 0 Å². The number of aliphatic imine (C=N–C) groups is 1. The van der Waals surface area contributed by atoms with Gasteiger partial charge in [-0.2, -0.15) is 0 Å². The third-order valence-electron chi connectivity index (χ3n) is 0.882. The number of nitrogens with zero attached hydrogens (tertiary/aromatic N) is 2. The van der Waals surface area contributed by atoms with E-state index in [0.29, 0.717) is 0 Å². The fraction of sp³-hybridized carbons (Fsp3) is 0.429. The zero-order valence-corrected chi connectivity index (χ0v) is 6.63. The molecule has 0 aliphatic heterocycles. The van der Waals surface area contributed by atoms with Gasteiger partial charge in [0.05, 0.1) is 0 Å². The molecule has 0 aliphatic rings. The summed E-state index contributed by atoms with van der Waals surface area (Å²) in [5.74, 6) is 0. The first kappa shape index (κ1) is 8.88. The number of nitrogens with one attached hydrogen (secondary N) is 1. The minimum atomic E-state index is 0.837. The average Bonchev–Trinajstić information content (AvgIpc) is 1.85. The maximum Gasteiger partial charge on any atom is 0.107 e. The summed E-state index contributed by atoms with van der Waals surface area (Å²) in [6.45, 7) is 1.85. The van der Waals surface area contributed by atoms with Gasteiger partial charge in [0.1, 0.15) is 6.34 Å². The molecule has 0 amide bonds. The Morgan fingerprint density at radius 2 is 2.10 bits per heavy atom. The van der Waals surface area contributed by atoms with Crippen molar-refractivity contribution in [1.29, 1.82) is 5.41 Å². The Labute approximate surface area is 61.6 Å². The minimum Gasteiger partial charge on any atom is -0.383 e. The molecule has 0 rings (SSSR count). The first-order valence-corrected chi connectivity index (χ1v) is 3.05. The Hall–Kier alpha value is -1.12. The largest absolute Gasteiger partial charge is 0.383 e. The van der Waals surface area contributed by atoms with Crippen LogP contribution in [0.4, 0.5) is 0 Å². The topological polar surface area (TPSA) is 39.5 Å². The first-order chi connectivity index (χ1) is 4.66. The normalized spacial score (nSPS) is 12.1. The van der Waals surface area contributed by atoms with Crippen molar-refractivity contribution in [1.82, 2.24) is 4.90 Å². The highest BCUT2D eigenvalue weighted by molar-refractivity contribution is 5.96. The van der Waals surface area contributed by atoms with Crippen LogP contribution in [-0.4, -0.2) is 31.0 Å². The number of rotatable bonds is 3. The molecule has 56 valence electrons. The Kier molecular flexibility index (Phi) is 4.20. The third-order valence-corrected chi connectivity index (χ3v) is 0.882. The number of hydrogen-bond donors (Lipinski definition) is 1. The Morgan fingerprint density at radius 3 is 2.50 bits per heavy atom. The fourth-order valence-electron chi connectivity index (χ4n) is 0.402. The van der Waals surface area contributed by atoms with Crippen LogP contribution in [0.2, 0.25) is 0 Å². The van der Waals surface area contributed by atoms with Crippen molar-refractivity contribution in [2.75, 3.05) is 14.1 Å². The second-order valence-electron chi connectivity index (χ2n) is 2.18. The first-order valence-electron chi connectivity index (χ1n) is 3.05.